The summed E-state index contributed by atoms with van der Waals surface area (Å²) in [6, 6.07) is 12.3. The zero-order valence-electron chi connectivity index (χ0n) is 18.1. The summed E-state index contributed by atoms with van der Waals surface area (Å²) in [5.41, 5.74) is 0.750. The lowest BCUT2D eigenvalue weighted by molar-refractivity contribution is 0.0694. The predicted octanol–water partition coefficient (Wildman–Crippen LogP) is 3.94. The normalized spacial score (nSPS) is 16.5. The number of H-pyrrole nitrogens is 1. The van der Waals surface area contributed by atoms with Crippen molar-refractivity contribution >= 4 is 21.9 Å². The number of nitrogens with zero attached hydrogens (tertiary/aromatic N) is 2. The van der Waals surface area contributed by atoms with Gasteiger partial charge in [0, 0.05) is 29.3 Å². The number of nitrogens with one attached hydrogen (secondary N) is 1. The Bertz CT molecular complexity index is 1300. The van der Waals surface area contributed by atoms with Gasteiger partial charge in [-0.2, -0.15) is 0 Å². The molecular weight excluding hydrogens is 490 g/mol. The van der Waals surface area contributed by atoms with E-state index in [9.17, 15) is 19.5 Å². The first-order valence-corrected chi connectivity index (χ1v) is 11.4. The molecule has 1 aliphatic heterocycles. The molecule has 172 valence electrons. The van der Waals surface area contributed by atoms with Gasteiger partial charge < -0.3 is 9.84 Å². The van der Waals surface area contributed by atoms with Gasteiger partial charge in [-0.1, -0.05) is 28.1 Å². The summed E-state index contributed by atoms with van der Waals surface area (Å²) >= 11 is 3.39. The van der Waals surface area contributed by atoms with Gasteiger partial charge in [-0.3, -0.25) is 19.2 Å². The number of aryl methyl sites for hydroxylation is 1. The number of carboxylic acids is 1. The number of aromatic amines is 1. The molecule has 0 radical (unpaired) electrons. The summed E-state index contributed by atoms with van der Waals surface area (Å²) in [7, 11) is 0. The smallest absolute Gasteiger partial charge is 0.339 e. The van der Waals surface area contributed by atoms with Crippen molar-refractivity contribution in [2.75, 3.05) is 13.1 Å². The minimum atomic E-state index is -1.06. The largest absolute Gasteiger partial charge is 0.478 e. The zero-order valence-corrected chi connectivity index (χ0v) is 19.7. The second-order valence-electron chi connectivity index (χ2n) is 8.20. The van der Waals surface area contributed by atoms with Crippen LogP contribution in [0.5, 0.6) is 11.5 Å². The highest BCUT2D eigenvalue weighted by molar-refractivity contribution is 9.10. The molecule has 0 amide bonds. The molecule has 33 heavy (non-hydrogen) atoms. The Morgan fingerprint density at radius 3 is 2.82 bits per heavy atom. The van der Waals surface area contributed by atoms with Crippen LogP contribution in [-0.2, 0) is 6.54 Å². The molecule has 8 nitrogen and oxygen atoms in total. The zero-order chi connectivity index (χ0) is 23.5. The molecule has 0 saturated carbocycles. The van der Waals surface area contributed by atoms with Gasteiger partial charge in [0.2, 0.25) is 0 Å². The Hall–Kier alpha value is -3.17. The van der Waals surface area contributed by atoms with Crippen LogP contribution in [0, 0.1) is 6.92 Å². The van der Waals surface area contributed by atoms with Crippen molar-refractivity contribution in [2.45, 2.75) is 32.4 Å². The third kappa shape index (κ3) is 5.43. The lowest BCUT2D eigenvalue weighted by Crippen LogP contribution is -2.41. The van der Waals surface area contributed by atoms with Gasteiger partial charge in [-0.15, -0.1) is 0 Å². The van der Waals surface area contributed by atoms with E-state index in [1.165, 1.54) is 0 Å². The van der Waals surface area contributed by atoms with Crippen molar-refractivity contribution < 1.29 is 14.6 Å². The number of aromatic carboxylic acids is 1. The van der Waals surface area contributed by atoms with Crippen molar-refractivity contribution in [1.29, 1.82) is 0 Å². The highest BCUT2D eigenvalue weighted by Gasteiger charge is 2.23. The topological polar surface area (TPSA) is 105 Å². The highest BCUT2D eigenvalue weighted by atomic mass is 79.9. The summed E-state index contributed by atoms with van der Waals surface area (Å²) in [6.07, 6.45) is 3.38. The molecule has 0 aliphatic carbocycles. The van der Waals surface area contributed by atoms with Crippen LogP contribution < -0.4 is 16.0 Å². The molecule has 0 bridgehead atoms. The van der Waals surface area contributed by atoms with E-state index in [1.54, 1.807) is 48.0 Å². The number of benzene rings is 2. The van der Waals surface area contributed by atoms with Crippen LogP contribution in [0.3, 0.4) is 0 Å². The van der Waals surface area contributed by atoms with Gasteiger partial charge in [0.05, 0.1) is 6.04 Å². The number of aromatic nitrogens is 2. The van der Waals surface area contributed by atoms with Gasteiger partial charge in [-0.05, 0) is 62.2 Å². The van der Waals surface area contributed by atoms with Gasteiger partial charge in [-0.25, -0.2) is 9.59 Å². The molecule has 1 saturated heterocycles. The molecule has 2 heterocycles. The SMILES string of the molecule is Cc1cn([C@H]2CCCN(Cc3ccc(C(=O)O)c(Oc4cccc(Br)c4)c3)C2)c(=O)[nH]c1=O. The maximum atomic E-state index is 12.3. The number of likely N-dealkylation sites (tertiary alicyclic amines) is 1. The van der Waals surface area contributed by atoms with Crippen molar-refractivity contribution in [1.82, 2.24) is 14.5 Å². The number of carbonyl (C=O) groups is 1. The summed E-state index contributed by atoms with van der Waals surface area (Å²) < 4.78 is 8.35. The van der Waals surface area contributed by atoms with Gasteiger partial charge in [0.15, 0.2) is 0 Å². The maximum absolute atomic E-state index is 12.3. The average Bonchev–Trinajstić information content (AvgIpc) is 2.76. The van der Waals surface area contributed by atoms with E-state index in [0.29, 0.717) is 24.4 Å². The lowest BCUT2D eigenvalue weighted by Gasteiger charge is -2.33. The van der Waals surface area contributed by atoms with Crippen LogP contribution in [0.4, 0.5) is 0 Å². The Morgan fingerprint density at radius 1 is 1.24 bits per heavy atom. The number of hydrogen-bond donors (Lipinski definition) is 2. The Balaban J connectivity index is 1.55. The molecule has 1 atom stereocenters. The summed E-state index contributed by atoms with van der Waals surface area (Å²) in [5, 5.41) is 9.58. The minimum Gasteiger partial charge on any atom is -0.478 e. The lowest BCUT2D eigenvalue weighted by atomic mass is 10.0. The van der Waals surface area contributed by atoms with E-state index in [2.05, 4.69) is 25.8 Å². The van der Waals surface area contributed by atoms with E-state index in [1.807, 2.05) is 12.1 Å². The molecule has 2 aromatic carbocycles. The third-order valence-corrected chi connectivity index (χ3v) is 6.22. The molecule has 0 spiro atoms. The highest BCUT2D eigenvalue weighted by Crippen LogP contribution is 2.30. The van der Waals surface area contributed by atoms with Crippen LogP contribution in [0.1, 0.15) is 40.4 Å². The Kier molecular flexibility index (Phi) is 6.80. The van der Waals surface area contributed by atoms with Crippen LogP contribution in [-0.4, -0.2) is 38.6 Å². The quantitative estimate of drug-likeness (QED) is 0.517. The van der Waals surface area contributed by atoms with E-state index >= 15 is 0 Å². The molecule has 1 fully saturated rings. The van der Waals surface area contributed by atoms with Gasteiger partial charge >= 0.3 is 11.7 Å². The first-order valence-electron chi connectivity index (χ1n) is 10.6. The fourth-order valence-corrected chi connectivity index (χ4v) is 4.48. The number of carboxylic acid groups (broad SMARTS) is 1. The number of ether oxygens (including phenoxy) is 1. The van der Waals surface area contributed by atoms with Gasteiger partial charge in [0.1, 0.15) is 17.1 Å². The average molecular weight is 514 g/mol. The van der Waals surface area contributed by atoms with Crippen LogP contribution in [0.25, 0.3) is 0 Å². The molecule has 9 heteroatoms. The molecule has 3 aromatic rings. The summed E-state index contributed by atoms with van der Waals surface area (Å²) in [5.74, 6) is -0.244. The van der Waals surface area contributed by atoms with Crippen LogP contribution in [0.15, 0.2) is 62.7 Å². The predicted molar refractivity (Wildman–Crippen MR) is 127 cm³/mol. The molecule has 1 aliphatic rings. The number of halogens is 1. The molecule has 4 rings (SSSR count). The second kappa shape index (κ2) is 9.76. The summed E-state index contributed by atoms with van der Waals surface area (Å²) in [6.45, 7) is 3.78. The first kappa shape index (κ1) is 23.0. The first-order chi connectivity index (χ1) is 15.8. The molecule has 2 N–H and O–H groups in total. The van der Waals surface area contributed by atoms with E-state index in [0.717, 1.165) is 29.4 Å². The number of piperidine rings is 1. The Labute approximate surface area is 198 Å². The van der Waals surface area contributed by atoms with E-state index in [-0.39, 0.29) is 22.9 Å². The van der Waals surface area contributed by atoms with Crippen molar-refractivity contribution in [3.63, 3.8) is 0 Å². The summed E-state index contributed by atoms with van der Waals surface area (Å²) in [4.78, 5) is 40.3. The Morgan fingerprint density at radius 2 is 2.06 bits per heavy atom. The fraction of sp³-hybridized carbons (Fsp3) is 0.292. The third-order valence-electron chi connectivity index (χ3n) is 5.73. The van der Waals surface area contributed by atoms with E-state index < -0.39 is 11.7 Å². The molecular formula is C24H24BrN3O5. The van der Waals surface area contributed by atoms with Gasteiger partial charge in [0.25, 0.3) is 5.56 Å². The minimum absolute atomic E-state index is 0.0440. The molecule has 1 aromatic heterocycles. The van der Waals surface area contributed by atoms with Crippen molar-refractivity contribution in [2.24, 2.45) is 0 Å². The van der Waals surface area contributed by atoms with Crippen molar-refractivity contribution in [3.05, 3.63) is 90.7 Å². The number of hydrogen-bond acceptors (Lipinski definition) is 5. The van der Waals surface area contributed by atoms with Crippen LogP contribution >= 0.6 is 15.9 Å². The monoisotopic (exact) mass is 513 g/mol. The fourth-order valence-electron chi connectivity index (χ4n) is 4.10. The molecule has 0 unspecified atom stereocenters. The van der Waals surface area contributed by atoms with Crippen LogP contribution in [0.2, 0.25) is 0 Å². The maximum Gasteiger partial charge on any atom is 0.339 e. The number of rotatable bonds is 6. The van der Waals surface area contributed by atoms with E-state index in [4.69, 9.17) is 4.74 Å². The standard InChI is InChI=1S/C24H24BrN3O5/c1-15-12-28(24(32)26-22(15)29)18-5-3-9-27(14-18)13-16-7-8-20(23(30)31)21(10-16)33-19-6-2-4-17(25)11-19/h2,4,6-8,10-12,18H,3,5,9,13-14H2,1H3,(H,30,31)(H,26,29,32)/t18-/m0/s1. The van der Waals surface area contributed by atoms with Crippen molar-refractivity contribution in [3.8, 4) is 11.5 Å². The second-order valence-corrected chi connectivity index (χ2v) is 9.12.